The van der Waals surface area contributed by atoms with Crippen LogP contribution in [-0.4, -0.2) is 36.0 Å². The number of amides is 3. The molecule has 0 bridgehead atoms. The monoisotopic (exact) mass is 340 g/mol. The van der Waals surface area contributed by atoms with Gasteiger partial charge in [-0.3, -0.25) is 9.69 Å². The molecule has 1 saturated heterocycles. The summed E-state index contributed by atoms with van der Waals surface area (Å²) in [6, 6.07) is 6.73. The summed E-state index contributed by atoms with van der Waals surface area (Å²) in [7, 11) is 0. The molecule has 1 heterocycles. The number of ether oxygens (including phenoxy) is 1. The van der Waals surface area contributed by atoms with E-state index in [1.807, 2.05) is 31.2 Å². The van der Waals surface area contributed by atoms with Crippen molar-refractivity contribution in [2.45, 2.75) is 25.8 Å². The molecule has 3 amide bonds. The minimum Gasteiger partial charge on any atom is -0.492 e. The van der Waals surface area contributed by atoms with E-state index < -0.39 is 0 Å². The van der Waals surface area contributed by atoms with Gasteiger partial charge >= 0.3 is 6.03 Å². The zero-order valence-corrected chi connectivity index (χ0v) is 12.9. The van der Waals surface area contributed by atoms with Gasteiger partial charge in [0.2, 0.25) is 0 Å². The first-order valence-corrected chi connectivity index (χ1v) is 7.41. The Morgan fingerprint density at radius 1 is 1.40 bits per heavy atom. The first kappa shape index (κ1) is 14.8. The van der Waals surface area contributed by atoms with Gasteiger partial charge in [-0.2, -0.15) is 0 Å². The lowest BCUT2D eigenvalue weighted by Crippen LogP contribution is -2.35. The van der Waals surface area contributed by atoms with E-state index in [1.54, 1.807) is 0 Å². The molecule has 0 radical (unpaired) electrons. The average Bonchev–Trinajstić information content (AvgIpc) is 2.67. The maximum atomic E-state index is 12.0. The highest BCUT2D eigenvalue weighted by atomic mass is 79.9. The van der Waals surface area contributed by atoms with Crippen molar-refractivity contribution < 1.29 is 14.3 Å². The summed E-state index contributed by atoms with van der Waals surface area (Å²) >= 11 is 3.36. The summed E-state index contributed by atoms with van der Waals surface area (Å²) in [5, 5.41) is 2.69. The van der Waals surface area contributed by atoms with E-state index in [2.05, 4.69) is 21.2 Å². The molecular formula is C14H17BrN2O3. The Kier molecular flexibility index (Phi) is 5.00. The van der Waals surface area contributed by atoms with Crippen molar-refractivity contribution in [2.75, 3.05) is 13.2 Å². The number of carbonyl (C=O) groups excluding carboxylic acids is 2. The Balaban J connectivity index is 1.85. The van der Waals surface area contributed by atoms with E-state index in [4.69, 9.17) is 4.74 Å². The first-order chi connectivity index (χ1) is 9.61. The van der Waals surface area contributed by atoms with Crippen molar-refractivity contribution in [3.05, 3.63) is 28.7 Å². The van der Waals surface area contributed by atoms with Crippen LogP contribution in [0.2, 0.25) is 0 Å². The fourth-order valence-corrected chi connectivity index (χ4v) is 2.46. The van der Waals surface area contributed by atoms with Gasteiger partial charge in [-0.25, -0.2) is 4.79 Å². The zero-order valence-electron chi connectivity index (χ0n) is 11.3. The largest absolute Gasteiger partial charge is 0.492 e. The molecule has 5 nitrogen and oxygen atoms in total. The van der Waals surface area contributed by atoms with Crippen LogP contribution >= 0.6 is 15.9 Å². The summed E-state index contributed by atoms with van der Waals surface area (Å²) in [5.74, 6) is 0.547. The number of hydrogen-bond donors (Lipinski definition) is 1. The molecule has 1 aliphatic rings. The van der Waals surface area contributed by atoms with Gasteiger partial charge in [-0.05, 0) is 24.6 Å². The van der Waals surface area contributed by atoms with Gasteiger partial charge in [0.25, 0.3) is 5.91 Å². The second-order valence-electron chi connectivity index (χ2n) is 4.59. The fraction of sp³-hybridized carbons (Fsp3) is 0.429. The van der Waals surface area contributed by atoms with E-state index in [1.165, 1.54) is 4.90 Å². The van der Waals surface area contributed by atoms with Crippen molar-refractivity contribution in [2.24, 2.45) is 0 Å². The normalized spacial score (nSPS) is 18.3. The van der Waals surface area contributed by atoms with E-state index in [9.17, 15) is 9.59 Å². The van der Waals surface area contributed by atoms with Gasteiger partial charge in [0.15, 0.2) is 0 Å². The number of nitrogens with zero attached hydrogens (tertiary/aromatic N) is 1. The highest BCUT2D eigenvalue weighted by Gasteiger charge is 2.36. The molecule has 1 aromatic rings. The minimum atomic E-state index is -0.377. The Hall–Kier alpha value is -1.56. The van der Waals surface area contributed by atoms with E-state index in [0.717, 1.165) is 10.9 Å². The molecule has 0 aliphatic carbocycles. The van der Waals surface area contributed by atoms with Crippen molar-refractivity contribution >= 4 is 27.9 Å². The molecule has 0 aromatic heterocycles. The zero-order chi connectivity index (χ0) is 14.5. The highest BCUT2D eigenvalue weighted by Crippen LogP contribution is 2.18. The topological polar surface area (TPSA) is 58.6 Å². The van der Waals surface area contributed by atoms with Crippen LogP contribution in [0.1, 0.15) is 19.8 Å². The van der Waals surface area contributed by atoms with Crippen molar-refractivity contribution in [3.63, 3.8) is 0 Å². The maximum Gasteiger partial charge on any atom is 0.324 e. The lowest BCUT2D eigenvalue weighted by Gasteiger charge is -2.13. The predicted octanol–water partition coefficient (Wildman–Crippen LogP) is 2.55. The number of benzene rings is 1. The second kappa shape index (κ2) is 6.74. The van der Waals surface area contributed by atoms with Crippen LogP contribution in [0.25, 0.3) is 0 Å². The molecule has 0 saturated carbocycles. The Bertz CT molecular complexity index is 507. The molecule has 2 rings (SSSR count). The van der Waals surface area contributed by atoms with Gasteiger partial charge in [0.1, 0.15) is 18.4 Å². The van der Waals surface area contributed by atoms with Crippen molar-refractivity contribution in [3.8, 4) is 5.75 Å². The number of urea groups is 1. The third kappa shape index (κ3) is 3.50. The summed E-state index contributed by atoms with van der Waals surface area (Å²) in [4.78, 5) is 24.9. The molecule has 1 aliphatic heterocycles. The van der Waals surface area contributed by atoms with Crippen LogP contribution in [0.5, 0.6) is 5.75 Å². The Morgan fingerprint density at radius 2 is 2.20 bits per heavy atom. The summed E-state index contributed by atoms with van der Waals surface area (Å²) in [6.07, 6.45) is 1.53. The van der Waals surface area contributed by atoms with Crippen LogP contribution < -0.4 is 10.1 Å². The van der Waals surface area contributed by atoms with Crippen LogP contribution in [-0.2, 0) is 4.79 Å². The SMILES string of the molecule is CCC[C@@H]1NC(=O)N(CCOc2cccc(Br)c2)C1=O. The van der Waals surface area contributed by atoms with E-state index in [0.29, 0.717) is 12.2 Å². The van der Waals surface area contributed by atoms with Crippen LogP contribution in [0.3, 0.4) is 0 Å². The average molecular weight is 341 g/mol. The molecule has 20 heavy (non-hydrogen) atoms. The lowest BCUT2D eigenvalue weighted by molar-refractivity contribution is -0.127. The summed E-state index contributed by atoms with van der Waals surface area (Å²) in [5.41, 5.74) is 0. The summed E-state index contributed by atoms with van der Waals surface area (Å²) in [6.45, 7) is 2.53. The number of hydrogen-bond acceptors (Lipinski definition) is 3. The molecule has 1 N–H and O–H groups in total. The second-order valence-corrected chi connectivity index (χ2v) is 5.50. The lowest BCUT2D eigenvalue weighted by atomic mass is 10.2. The van der Waals surface area contributed by atoms with Gasteiger partial charge in [0.05, 0.1) is 6.54 Å². The third-order valence-corrected chi connectivity index (χ3v) is 3.56. The molecule has 1 aromatic carbocycles. The maximum absolute atomic E-state index is 12.0. The number of nitrogens with one attached hydrogen (secondary N) is 1. The number of rotatable bonds is 6. The van der Waals surface area contributed by atoms with Crippen LogP contribution in [0, 0.1) is 0 Å². The minimum absolute atomic E-state index is 0.158. The molecule has 6 heteroatoms. The Labute approximate surface area is 126 Å². The molecule has 1 fully saturated rings. The fourth-order valence-electron chi connectivity index (χ4n) is 2.08. The van der Waals surface area contributed by atoms with Gasteiger partial charge in [-0.1, -0.05) is 35.3 Å². The van der Waals surface area contributed by atoms with E-state index in [-0.39, 0.29) is 31.1 Å². The Morgan fingerprint density at radius 3 is 2.90 bits per heavy atom. The molecule has 0 spiro atoms. The number of imide groups is 1. The van der Waals surface area contributed by atoms with Crippen LogP contribution in [0.15, 0.2) is 28.7 Å². The number of carbonyl (C=O) groups is 2. The standard InChI is InChI=1S/C14H17BrN2O3/c1-2-4-12-13(18)17(14(19)16-12)7-8-20-11-6-3-5-10(15)9-11/h3,5-6,9,12H,2,4,7-8H2,1H3,(H,16,19)/t12-/m0/s1. The van der Waals surface area contributed by atoms with Crippen molar-refractivity contribution in [1.82, 2.24) is 10.2 Å². The molecule has 0 unspecified atom stereocenters. The van der Waals surface area contributed by atoms with Crippen LogP contribution in [0.4, 0.5) is 4.79 Å². The van der Waals surface area contributed by atoms with Gasteiger partial charge < -0.3 is 10.1 Å². The van der Waals surface area contributed by atoms with Gasteiger partial charge in [0, 0.05) is 4.47 Å². The molecular weight excluding hydrogens is 324 g/mol. The number of halogens is 1. The van der Waals surface area contributed by atoms with Gasteiger partial charge in [-0.15, -0.1) is 0 Å². The predicted molar refractivity (Wildman–Crippen MR) is 78.6 cm³/mol. The smallest absolute Gasteiger partial charge is 0.324 e. The van der Waals surface area contributed by atoms with Crippen molar-refractivity contribution in [1.29, 1.82) is 0 Å². The quantitative estimate of drug-likeness (QED) is 0.809. The first-order valence-electron chi connectivity index (χ1n) is 6.62. The molecule has 1 atom stereocenters. The van der Waals surface area contributed by atoms with E-state index >= 15 is 0 Å². The molecule has 108 valence electrons. The summed E-state index contributed by atoms with van der Waals surface area (Å²) < 4.78 is 6.46. The third-order valence-electron chi connectivity index (χ3n) is 3.06. The highest BCUT2D eigenvalue weighted by molar-refractivity contribution is 9.10.